The van der Waals surface area contributed by atoms with Crippen molar-refractivity contribution >= 4 is 0 Å². The molecule has 1 rings (SSSR count). The average molecular weight is 140 g/mol. The summed E-state index contributed by atoms with van der Waals surface area (Å²) in [6.45, 7) is 2.12. The van der Waals surface area contributed by atoms with Crippen molar-refractivity contribution in [2.75, 3.05) is 0 Å². The van der Waals surface area contributed by atoms with Crippen LogP contribution >= 0.6 is 0 Å². The molecule has 0 fully saturated rings. The van der Waals surface area contributed by atoms with Gasteiger partial charge >= 0.3 is 0 Å². The van der Waals surface area contributed by atoms with Gasteiger partial charge in [-0.15, -0.1) is 0 Å². The van der Waals surface area contributed by atoms with Crippen molar-refractivity contribution < 1.29 is 5.11 Å². The molecule has 0 heterocycles. The van der Waals surface area contributed by atoms with E-state index in [9.17, 15) is 0 Å². The quantitative estimate of drug-likeness (QED) is 0.592. The van der Waals surface area contributed by atoms with E-state index in [-0.39, 0.29) is 13.5 Å². The zero-order chi connectivity index (χ0) is 6.69. The van der Waals surface area contributed by atoms with Gasteiger partial charge in [0.05, 0.1) is 6.10 Å². The van der Waals surface area contributed by atoms with Gasteiger partial charge in [0, 0.05) is 0 Å². The van der Waals surface area contributed by atoms with Crippen LogP contribution in [0.25, 0.3) is 0 Å². The molecular formula is C9H16O. The van der Waals surface area contributed by atoms with Crippen LogP contribution in [0.5, 0.6) is 0 Å². The molecule has 1 atom stereocenters. The third-order valence-corrected chi connectivity index (χ3v) is 1.56. The van der Waals surface area contributed by atoms with Crippen molar-refractivity contribution in [2.45, 2.75) is 33.3 Å². The number of rotatable bonds is 1. The van der Waals surface area contributed by atoms with E-state index >= 15 is 0 Å². The maximum atomic E-state index is 8.99. The summed E-state index contributed by atoms with van der Waals surface area (Å²) in [4.78, 5) is 0. The van der Waals surface area contributed by atoms with Crippen LogP contribution in [0.4, 0.5) is 0 Å². The summed E-state index contributed by atoms with van der Waals surface area (Å²) >= 11 is 0. The van der Waals surface area contributed by atoms with E-state index in [1.54, 1.807) is 0 Å². The van der Waals surface area contributed by atoms with Crippen LogP contribution in [-0.4, -0.2) is 11.2 Å². The number of allylic oxidation sites excluding steroid dienone is 2. The molecule has 0 aliphatic heterocycles. The number of hydrogen-bond acceptors (Lipinski definition) is 1. The normalized spacial score (nSPS) is 23.4. The minimum absolute atomic E-state index is 0. The Kier molecular flexibility index (Phi) is 4.05. The minimum Gasteiger partial charge on any atom is -0.389 e. The second-order valence-corrected chi connectivity index (χ2v) is 2.29. The van der Waals surface area contributed by atoms with Crippen molar-refractivity contribution in [3.8, 4) is 0 Å². The zero-order valence-electron chi connectivity index (χ0n) is 5.67. The third-order valence-electron chi connectivity index (χ3n) is 1.56. The van der Waals surface area contributed by atoms with Gasteiger partial charge in [-0.3, -0.25) is 0 Å². The van der Waals surface area contributed by atoms with Gasteiger partial charge in [-0.05, 0) is 12.8 Å². The van der Waals surface area contributed by atoms with Gasteiger partial charge in [0.25, 0.3) is 0 Å². The Bertz CT molecular complexity index is 145. The van der Waals surface area contributed by atoms with Crippen molar-refractivity contribution in [1.29, 1.82) is 0 Å². The fourth-order valence-corrected chi connectivity index (χ4v) is 0.916. The highest BCUT2D eigenvalue weighted by atomic mass is 16.3. The molecule has 1 N–H and O–H groups in total. The Hall–Kier alpha value is -0.560. The Morgan fingerprint density at radius 1 is 1.70 bits per heavy atom. The van der Waals surface area contributed by atoms with Gasteiger partial charge in [-0.1, -0.05) is 38.2 Å². The molecule has 0 aromatic heterocycles. The van der Waals surface area contributed by atoms with Crippen LogP contribution in [-0.2, 0) is 0 Å². The van der Waals surface area contributed by atoms with Gasteiger partial charge < -0.3 is 5.11 Å². The molecule has 0 radical (unpaired) electrons. The largest absolute Gasteiger partial charge is 0.389 e. The lowest BCUT2D eigenvalue weighted by Gasteiger charge is -2.08. The predicted molar refractivity (Wildman–Crippen MR) is 44.9 cm³/mol. The zero-order valence-corrected chi connectivity index (χ0v) is 5.67. The van der Waals surface area contributed by atoms with E-state index < -0.39 is 0 Å². The second-order valence-electron chi connectivity index (χ2n) is 2.29. The Morgan fingerprint density at radius 3 is 2.80 bits per heavy atom. The molecule has 0 amide bonds. The molecule has 0 bridgehead atoms. The maximum absolute atomic E-state index is 8.99. The lowest BCUT2D eigenvalue weighted by molar-refractivity contribution is 0.225. The van der Waals surface area contributed by atoms with Gasteiger partial charge in [0.2, 0.25) is 0 Å². The summed E-state index contributed by atoms with van der Waals surface area (Å²) in [5.74, 6) is 0. The molecular weight excluding hydrogens is 124 g/mol. The second kappa shape index (κ2) is 4.29. The molecule has 1 nitrogen and oxygen atoms in total. The SMILES string of the molecule is C.CCC1=CCC(O)C=C1. The molecule has 0 spiro atoms. The van der Waals surface area contributed by atoms with Gasteiger partial charge in [-0.2, -0.15) is 0 Å². The first-order chi connectivity index (χ1) is 4.33. The molecule has 1 unspecified atom stereocenters. The highest BCUT2D eigenvalue weighted by molar-refractivity contribution is 5.23. The summed E-state index contributed by atoms with van der Waals surface area (Å²) in [6.07, 6.45) is 7.56. The summed E-state index contributed by atoms with van der Waals surface area (Å²) in [7, 11) is 0. The Balaban J connectivity index is 0.000000810. The number of aliphatic hydroxyl groups is 1. The van der Waals surface area contributed by atoms with E-state index in [1.807, 2.05) is 12.2 Å². The van der Waals surface area contributed by atoms with Crippen LogP contribution in [0.1, 0.15) is 27.2 Å². The summed E-state index contributed by atoms with van der Waals surface area (Å²) < 4.78 is 0. The molecule has 0 aromatic rings. The number of aliphatic hydroxyl groups excluding tert-OH is 1. The third kappa shape index (κ3) is 2.36. The van der Waals surface area contributed by atoms with Crippen molar-refractivity contribution in [2.24, 2.45) is 0 Å². The van der Waals surface area contributed by atoms with Crippen LogP contribution in [0, 0.1) is 0 Å². The van der Waals surface area contributed by atoms with Gasteiger partial charge in [0.15, 0.2) is 0 Å². The van der Waals surface area contributed by atoms with E-state index in [1.165, 1.54) is 5.57 Å². The lowest BCUT2D eigenvalue weighted by Crippen LogP contribution is -2.03. The molecule has 0 saturated heterocycles. The topological polar surface area (TPSA) is 20.2 Å². The first-order valence-corrected chi connectivity index (χ1v) is 3.38. The summed E-state index contributed by atoms with van der Waals surface area (Å²) in [5, 5.41) is 8.99. The van der Waals surface area contributed by atoms with Crippen LogP contribution in [0.15, 0.2) is 23.8 Å². The number of hydrogen-bond donors (Lipinski definition) is 1. The van der Waals surface area contributed by atoms with Crippen LogP contribution in [0.3, 0.4) is 0 Å². The Morgan fingerprint density at radius 2 is 2.40 bits per heavy atom. The molecule has 0 aromatic carbocycles. The standard InChI is InChI=1S/C8H12O.CH4/c1-2-7-3-5-8(9)6-4-7;/h3-5,8-9H,2,6H2,1H3;1H4. The highest BCUT2D eigenvalue weighted by Gasteiger charge is 2.01. The van der Waals surface area contributed by atoms with Gasteiger partial charge in [0.1, 0.15) is 0 Å². The smallest absolute Gasteiger partial charge is 0.0758 e. The van der Waals surface area contributed by atoms with Crippen molar-refractivity contribution in [3.05, 3.63) is 23.8 Å². The fourth-order valence-electron chi connectivity index (χ4n) is 0.916. The monoisotopic (exact) mass is 140 g/mol. The van der Waals surface area contributed by atoms with E-state index in [0.29, 0.717) is 0 Å². The molecule has 1 aliphatic rings. The minimum atomic E-state index is -0.236. The molecule has 1 aliphatic carbocycles. The van der Waals surface area contributed by atoms with E-state index in [0.717, 1.165) is 12.8 Å². The lowest BCUT2D eigenvalue weighted by atomic mass is 10.0. The highest BCUT2D eigenvalue weighted by Crippen LogP contribution is 2.12. The Labute approximate surface area is 63.1 Å². The molecule has 58 valence electrons. The summed E-state index contributed by atoms with van der Waals surface area (Å²) in [6, 6.07) is 0. The summed E-state index contributed by atoms with van der Waals surface area (Å²) in [5.41, 5.74) is 1.33. The van der Waals surface area contributed by atoms with Crippen LogP contribution < -0.4 is 0 Å². The van der Waals surface area contributed by atoms with Crippen LogP contribution in [0.2, 0.25) is 0 Å². The van der Waals surface area contributed by atoms with Gasteiger partial charge in [-0.25, -0.2) is 0 Å². The van der Waals surface area contributed by atoms with Crippen molar-refractivity contribution in [1.82, 2.24) is 0 Å². The first kappa shape index (κ1) is 9.44. The fraction of sp³-hybridized carbons (Fsp3) is 0.556. The average Bonchev–Trinajstić information content (AvgIpc) is 1.90. The van der Waals surface area contributed by atoms with Crippen molar-refractivity contribution in [3.63, 3.8) is 0 Å². The molecule has 10 heavy (non-hydrogen) atoms. The molecule has 1 heteroatoms. The van der Waals surface area contributed by atoms with E-state index in [2.05, 4.69) is 13.0 Å². The first-order valence-electron chi connectivity index (χ1n) is 3.38. The maximum Gasteiger partial charge on any atom is 0.0758 e. The predicted octanol–water partition coefficient (Wildman–Crippen LogP) is 2.28. The molecule has 0 saturated carbocycles. The van der Waals surface area contributed by atoms with E-state index in [4.69, 9.17) is 5.11 Å².